The van der Waals surface area contributed by atoms with Crippen molar-refractivity contribution in [3.8, 4) is 0 Å². The van der Waals surface area contributed by atoms with Gasteiger partial charge in [-0.15, -0.1) is 0 Å². The van der Waals surface area contributed by atoms with E-state index >= 15 is 0 Å². The average molecular weight is 490 g/mol. The van der Waals surface area contributed by atoms with E-state index in [1.807, 2.05) is 0 Å². The molecule has 7 nitrogen and oxygen atoms in total. The van der Waals surface area contributed by atoms with E-state index in [0.717, 1.165) is 19.3 Å². The van der Waals surface area contributed by atoms with Crippen LogP contribution < -0.4 is 0 Å². The number of unbranched alkanes of at least 4 members (excludes halogenated alkanes) is 11. The first-order valence-corrected chi connectivity index (χ1v) is 13.2. The molecular formula is C28H43NO6. The van der Waals surface area contributed by atoms with Crippen molar-refractivity contribution < 1.29 is 29.0 Å². The van der Waals surface area contributed by atoms with Gasteiger partial charge in [-0.2, -0.15) is 0 Å². The highest BCUT2D eigenvalue weighted by Crippen LogP contribution is 2.12. The van der Waals surface area contributed by atoms with Crippen molar-refractivity contribution in [3.05, 3.63) is 35.9 Å². The van der Waals surface area contributed by atoms with E-state index < -0.39 is 24.0 Å². The summed E-state index contributed by atoms with van der Waals surface area (Å²) in [5, 5.41) is 9.16. The van der Waals surface area contributed by atoms with Crippen LogP contribution in [0.5, 0.6) is 0 Å². The maximum absolute atomic E-state index is 12.4. The number of nitrogens with zero attached hydrogens (tertiary/aromatic N) is 1. The summed E-state index contributed by atoms with van der Waals surface area (Å²) in [6, 6.07) is 8.55. The second-order valence-corrected chi connectivity index (χ2v) is 8.89. The van der Waals surface area contributed by atoms with Crippen LogP contribution in [0.2, 0.25) is 0 Å². The Kier molecular flexibility index (Phi) is 17.2. The van der Waals surface area contributed by atoms with Crippen LogP contribution in [0.4, 0.5) is 0 Å². The van der Waals surface area contributed by atoms with E-state index in [9.17, 15) is 14.4 Å². The van der Waals surface area contributed by atoms with Crippen molar-refractivity contribution in [2.45, 2.75) is 110 Å². The summed E-state index contributed by atoms with van der Waals surface area (Å²) in [7, 11) is 0. The zero-order valence-electron chi connectivity index (χ0n) is 21.5. The SMILES string of the molecule is CCCCCCCCCCCCCCN=C(CCC(=O)OC(=O)C(C)O)OC(=O)c1ccccc1. The fourth-order valence-corrected chi connectivity index (χ4v) is 3.52. The van der Waals surface area contributed by atoms with E-state index in [4.69, 9.17) is 9.84 Å². The molecule has 1 aromatic carbocycles. The fraction of sp³-hybridized carbons (Fsp3) is 0.643. The van der Waals surface area contributed by atoms with Gasteiger partial charge >= 0.3 is 17.9 Å². The zero-order valence-corrected chi connectivity index (χ0v) is 21.5. The quantitative estimate of drug-likeness (QED) is 0.0869. The number of hydrogen-bond donors (Lipinski definition) is 1. The minimum Gasteiger partial charge on any atom is -0.408 e. The number of aliphatic hydroxyl groups is 1. The summed E-state index contributed by atoms with van der Waals surface area (Å²) in [5.41, 5.74) is 0.387. The average Bonchev–Trinajstić information content (AvgIpc) is 2.85. The molecule has 0 heterocycles. The number of aliphatic imine (C=N–C) groups is 1. The lowest BCUT2D eigenvalue weighted by atomic mass is 10.1. The summed E-state index contributed by atoms with van der Waals surface area (Å²) in [5.74, 6) is -2.22. The van der Waals surface area contributed by atoms with Crippen LogP contribution in [-0.4, -0.2) is 41.6 Å². The first-order valence-electron chi connectivity index (χ1n) is 13.2. The number of carbonyl (C=O) groups excluding carboxylic acids is 3. The molecule has 0 bridgehead atoms. The lowest BCUT2D eigenvalue weighted by Crippen LogP contribution is -2.23. The van der Waals surface area contributed by atoms with Gasteiger partial charge < -0.3 is 14.6 Å². The number of benzene rings is 1. The maximum Gasteiger partial charge on any atom is 0.344 e. The smallest absolute Gasteiger partial charge is 0.344 e. The minimum absolute atomic E-state index is 0.0305. The fourth-order valence-electron chi connectivity index (χ4n) is 3.52. The summed E-state index contributed by atoms with van der Waals surface area (Å²) in [6.45, 7) is 3.96. The zero-order chi connectivity index (χ0) is 25.7. The number of hydrogen-bond acceptors (Lipinski definition) is 7. The van der Waals surface area contributed by atoms with Gasteiger partial charge in [-0.1, -0.05) is 95.8 Å². The van der Waals surface area contributed by atoms with Crippen molar-refractivity contribution in [1.82, 2.24) is 0 Å². The molecule has 1 atom stereocenters. The number of esters is 3. The maximum atomic E-state index is 12.4. The molecule has 0 amide bonds. The third-order valence-corrected chi connectivity index (χ3v) is 5.62. The highest BCUT2D eigenvalue weighted by molar-refractivity contribution is 5.99. The van der Waals surface area contributed by atoms with Crippen molar-refractivity contribution in [2.24, 2.45) is 4.99 Å². The van der Waals surface area contributed by atoms with E-state index in [-0.39, 0.29) is 18.7 Å². The lowest BCUT2D eigenvalue weighted by molar-refractivity contribution is -0.165. The van der Waals surface area contributed by atoms with Crippen LogP contribution in [0.25, 0.3) is 0 Å². The van der Waals surface area contributed by atoms with Gasteiger partial charge in [0.15, 0.2) is 5.90 Å². The second kappa shape index (κ2) is 19.7. The van der Waals surface area contributed by atoms with Crippen molar-refractivity contribution in [3.63, 3.8) is 0 Å². The molecule has 0 saturated heterocycles. The van der Waals surface area contributed by atoms with Crippen LogP contribution in [-0.2, 0) is 19.1 Å². The van der Waals surface area contributed by atoms with Gasteiger partial charge in [0.2, 0.25) is 0 Å². The Morgan fingerprint density at radius 2 is 1.34 bits per heavy atom. The Bertz CT molecular complexity index is 760. The molecule has 0 aliphatic rings. The predicted octanol–water partition coefficient (Wildman–Crippen LogP) is 6.17. The Balaban J connectivity index is 2.38. The largest absolute Gasteiger partial charge is 0.408 e. The predicted molar refractivity (Wildman–Crippen MR) is 137 cm³/mol. The van der Waals surface area contributed by atoms with Gasteiger partial charge in [0.05, 0.1) is 12.0 Å². The molecule has 35 heavy (non-hydrogen) atoms. The Labute approximate surface area is 210 Å². The molecule has 0 aliphatic carbocycles. The van der Waals surface area contributed by atoms with Gasteiger partial charge in [0.25, 0.3) is 0 Å². The van der Waals surface area contributed by atoms with Crippen molar-refractivity contribution in [1.29, 1.82) is 0 Å². The third-order valence-electron chi connectivity index (χ3n) is 5.62. The topological polar surface area (TPSA) is 102 Å². The minimum atomic E-state index is -1.38. The van der Waals surface area contributed by atoms with E-state index in [2.05, 4.69) is 16.7 Å². The molecule has 0 spiro atoms. The molecule has 0 aromatic heterocycles. The molecular weight excluding hydrogens is 446 g/mol. The first kappa shape index (κ1) is 30.5. The molecule has 0 fully saturated rings. The van der Waals surface area contributed by atoms with Crippen LogP contribution in [0.15, 0.2) is 35.3 Å². The van der Waals surface area contributed by atoms with Gasteiger partial charge in [-0.05, 0) is 25.5 Å². The normalized spacial score (nSPS) is 12.3. The molecule has 1 aromatic rings. The summed E-state index contributed by atoms with van der Waals surface area (Å²) in [6.07, 6.45) is 13.4. The van der Waals surface area contributed by atoms with Gasteiger partial charge in [0.1, 0.15) is 6.10 Å². The van der Waals surface area contributed by atoms with Gasteiger partial charge in [-0.3, -0.25) is 9.79 Å². The van der Waals surface area contributed by atoms with E-state index in [1.54, 1.807) is 30.3 Å². The molecule has 1 N–H and O–H groups in total. The van der Waals surface area contributed by atoms with E-state index in [0.29, 0.717) is 12.1 Å². The summed E-state index contributed by atoms with van der Waals surface area (Å²) < 4.78 is 9.97. The van der Waals surface area contributed by atoms with Crippen LogP contribution in [0, 0.1) is 0 Å². The van der Waals surface area contributed by atoms with Crippen LogP contribution >= 0.6 is 0 Å². The monoisotopic (exact) mass is 489 g/mol. The highest BCUT2D eigenvalue weighted by Gasteiger charge is 2.18. The molecule has 0 saturated carbocycles. The van der Waals surface area contributed by atoms with Crippen molar-refractivity contribution >= 4 is 23.8 Å². The highest BCUT2D eigenvalue weighted by atomic mass is 16.6. The van der Waals surface area contributed by atoms with Gasteiger partial charge in [-0.25, -0.2) is 9.59 Å². The molecule has 1 unspecified atom stereocenters. The van der Waals surface area contributed by atoms with Crippen LogP contribution in [0.1, 0.15) is 114 Å². The van der Waals surface area contributed by atoms with Gasteiger partial charge in [0, 0.05) is 13.0 Å². The van der Waals surface area contributed by atoms with Crippen LogP contribution in [0.3, 0.4) is 0 Å². The summed E-state index contributed by atoms with van der Waals surface area (Å²) in [4.78, 5) is 40.0. The number of aliphatic hydroxyl groups excluding tert-OH is 1. The number of ether oxygens (including phenoxy) is 2. The Morgan fingerprint density at radius 1 is 0.800 bits per heavy atom. The molecule has 7 heteroatoms. The first-order chi connectivity index (χ1) is 16.9. The Morgan fingerprint density at radius 3 is 1.89 bits per heavy atom. The third kappa shape index (κ3) is 15.9. The molecule has 1 rings (SSSR count). The number of carbonyl (C=O) groups is 3. The van der Waals surface area contributed by atoms with E-state index in [1.165, 1.54) is 64.7 Å². The second-order valence-electron chi connectivity index (χ2n) is 8.89. The number of rotatable bonds is 18. The summed E-state index contributed by atoms with van der Waals surface area (Å²) >= 11 is 0. The molecule has 0 aliphatic heterocycles. The van der Waals surface area contributed by atoms with Crippen molar-refractivity contribution in [2.75, 3.05) is 6.54 Å². The molecule has 0 radical (unpaired) electrons. The molecule has 196 valence electrons. The Hall–Kier alpha value is -2.54. The standard InChI is InChI=1S/C28H43NO6/c1-3-4-5-6-7-8-9-10-11-12-13-17-22-29-25(20-21-26(31)35-27(32)23(2)30)34-28(33)24-18-15-14-16-19-24/h14-16,18-19,23,30H,3-13,17,20-22H2,1-2H3. The lowest BCUT2D eigenvalue weighted by Gasteiger charge is -2.09.